The van der Waals surface area contributed by atoms with Gasteiger partial charge in [-0.3, -0.25) is 14.9 Å². The van der Waals surface area contributed by atoms with Gasteiger partial charge in [0.2, 0.25) is 11.8 Å². The molecule has 2 heterocycles. The molecule has 7 nitrogen and oxygen atoms in total. The maximum Gasteiger partial charge on any atom is 0.407 e. The lowest BCUT2D eigenvalue weighted by atomic mass is 9.89. The summed E-state index contributed by atoms with van der Waals surface area (Å²) in [6.07, 6.45) is 4.66. The van der Waals surface area contributed by atoms with E-state index in [9.17, 15) is 23.2 Å². The number of hydrogen-bond acceptors (Lipinski definition) is 5. The third-order valence-electron chi connectivity index (χ3n) is 7.53. The van der Waals surface area contributed by atoms with Gasteiger partial charge < -0.3 is 15.0 Å². The first-order chi connectivity index (χ1) is 15.4. The quantitative estimate of drug-likeness (QED) is 0.678. The van der Waals surface area contributed by atoms with E-state index in [4.69, 9.17) is 4.74 Å². The van der Waals surface area contributed by atoms with Crippen LogP contribution in [-0.2, 0) is 14.3 Å². The molecule has 2 saturated heterocycles. The fourth-order valence-electron chi connectivity index (χ4n) is 5.81. The van der Waals surface area contributed by atoms with Crippen LogP contribution in [0.1, 0.15) is 50.0 Å². The number of carbonyl (C=O) groups is 3. The van der Waals surface area contributed by atoms with Crippen LogP contribution in [0.4, 0.5) is 19.3 Å². The van der Waals surface area contributed by atoms with Gasteiger partial charge in [-0.05, 0) is 55.6 Å². The van der Waals surface area contributed by atoms with Crippen LogP contribution in [-0.4, -0.2) is 43.6 Å². The summed E-state index contributed by atoms with van der Waals surface area (Å²) < 4.78 is 34.8. The van der Waals surface area contributed by atoms with Crippen molar-refractivity contribution in [2.75, 3.05) is 24.6 Å². The number of ether oxygens (including phenoxy) is 1. The van der Waals surface area contributed by atoms with Crippen LogP contribution < -0.4 is 15.5 Å². The van der Waals surface area contributed by atoms with Gasteiger partial charge in [-0.1, -0.05) is 6.42 Å². The maximum atomic E-state index is 14.7. The zero-order valence-electron chi connectivity index (χ0n) is 17.7. The summed E-state index contributed by atoms with van der Waals surface area (Å²) in [5.74, 6) is -1.77. The summed E-state index contributed by atoms with van der Waals surface area (Å²) >= 11 is 0. The highest BCUT2D eigenvalue weighted by Crippen LogP contribution is 2.48. The number of nitrogens with zero attached hydrogens (tertiary/aromatic N) is 1. The van der Waals surface area contributed by atoms with Crippen LogP contribution in [0.15, 0.2) is 12.1 Å². The molecule has 0 spiro atoms. The molecule has 0 radical (unpaired) electrons. The molecule has 1 aromatic rings. The Morgan fingerprint density at radius 3 is 2.50 bits per heavy atom. The SMILES string of the molecule is O=C1CCC(c2c(F)cc(N3CC(NC(=O)OC[C@@H]4C[C@H]5CC[C@@H]4C5)C3)cc2F)C(=O)N1. The standard InChI is InChI=1S/C23H27F2N3O4/c24-18-7-16(8-19(25)21(18)17-3-4-20(29)27-22(17)30)28-9-15(10-28)26-23(31)32-11-14-6-12-1-2-13(14)5-12/h7-8,12-15,17H,1-6,9-11H2,(H,26,31)(H,27,29,30)/t12-,13+,14-,17?/m0/s1. The van der Waals surface area contributed by atoms with Crippen molar-refractivity contribution in [1.29, 1.82) is 0 Å². The molecule has 1 unspecified atom stereocenters. The predicted octanol–water partition coefficient (Wildman–Crippen LogP) is 2.84. The molecule has 2 aliphatic heterocycles. The Kier molecular flexibility index (Phi) is 5.51. The van der Waals surface area contributed by atoms with Gasteiger partial charge in [-0.2, -0.15) is 0 Å². The van der Waals surface area contributed by atoms with E-state index in [1.165, 1.54) is 31.4 Å². The van der Waals surface area contributed by atoms with Crippen LogP contribution in [0.25, 0.3) is 0 Å². The number of halogens is 2. The summed E-state index contributed by atoms with van der Waals surface area (Å²) in [5, 5.41) is 4.94. The predicted molar refractivity (Wildman–Crippen MR) is 111 cm³/mol. The lowest BCUT2D eigenvalue weighted by molar-refractivity contribution is -0.134. The molecule has 172 valence electrons. The van der Waals surface area contributed by atoms with Crippen molar-refractivity contribution in [2.24, 2.45) is 17.8 Å². The Hall–Kier alpha value is -2.71. The van der Waals surface area contributed by atoms with Crippen molar-refractivity contribution in [3.63, 3.8) is 0 Å². The van der Waals surface area contributed by atoms with E-state index < -0.39 is 35.5 Å². The van der Waals surface area contributed by atoms with Crippen molar-refractivity contribution in [2.45, 2.75) is 50.5 Å². The molecule has 2 N–H and O–H groups in total. The number of rotatable bonds is 5. The maximum absolute atomic E-state index is 14.7. The molecule has 0 aromatic heterocycles. The summed E-state index contributed by atoms with van der Waals surface area (Å²) in [4.78, 5) is 37.1. The Balaban J connectivity index is 1.12. The molecule has 5 rings (SSSR count). The first kappa shape index (κ1) is 21.2. The minimum Gasteiger partial charge on any atom is -0.449 e. The molecule has 1 aromatic carbocycles. The fraction of sp³-hybridized carbons (Fsp3) is 0.609. The van der Waals surface area contributed by atoms with Gasteiger partial charge in [0, 0.05) is 30.8 Å². The highest BCUT2D eigenvalue weighted by Gasteiger charge is 2.40. The zero-order chi connectivity index (χ0) is 22.4. The number of anilines is 1. The second kappa shape index (κ2) is 8.33. The molecule has 4 fully saturated rings. The van der Waals surface area contributed by atoms with E-state index in [0.717, 1.165) is 12.3 Å². The highest BCUT2D eigenvalue weighted by molar-refractivity contribution is 6.01. The number of piperidine rings is 1. The molecule has 4 atom stereocenters. The van der Waals surface area contributed by atoms with Gasteiger partial charge in [0.25, 0.3) is 0 Å². The minimum atomic E-state index is -1.02. The smallest absolute Gasteiger partial charge is 0.407 e. The number of alkyl carbamates (subject to hydrolysis) is 1. The van der Waals surface area contributed by atoms with Crippen molar-refractivity contribution in [3.8, 4) is 0 Å². The van der Waals surface area contributed by atoms with Crippen LogP contribution in [0.3, 0.4) is 0 Å². The molecule has 3 amide bonds. The molecule has 4 aliphatic rings. The first-order valence-corrected chi connectivity index (χ1v) is 11.4. The zero-order valence-corrected chi connectivity index (χ0v) is 17.7. The first-order valence-electron chi connectivity index (χ1n) is 11.4. The molecule has 2 bridgehead atoms. The highest BCUT2D eigenvalue weighted by atomic mass is 19.1. The van der Waals surface area contributed by atoms with Crippen LogP contribution in [0, 0.1) is 29.4 Å². The third kappa shape index (κ3) is 4.04. The number of nitrogens with one attached hydrogen (secondary N) is 2. The largest absolute Gasteiger partial charge is 0.449 e. The van der Waals surface area contributed by atoms with Gasteiger partial charge in [-0.15, -0.1) is 0 Å². The second-order valence-corrected chi connectivity index (χ2v) is 9.61. The van der Waals surface area contributed by atoms with Gasteiger partial charge in [0.1, 0.15) is 11.6 Å². The second-order valence-electron chi connectivity index (χ2n) is 9.61. The van der Waals surface area contributed by atoms with E-state index in [-0.39, 0.29) is 24.4 Å². The number of imide groups is 1. The fourth-order valence-corrected chi connectivity index (χ4v) is 5.81. The van der Waals surface area contributed by atoms with Crippen LogP contribution in [0.2, 0.25) is 0 Å². The van der Waals surface area contributed by atoms with Crippen LogP contribution >= 0.6 is 0 Å². The lowest BCUT2D eigenvalue weighted by Gasteiger charge is -2.41. The number of fused-ring (bicyclic) bond motifs is 2. The lowest BCUT2D eigenvalue weighted by Crippen LogP contribution is -2.59. The van der Waals surface area contributed by atoms with Crippen molar-refractivity contribution in [3.05, 3.63) is 29.3 Å². The number of benzene rings is 1. The average Bonchev–Trinajstić information content (AvgIpc) is 3.33. The number of carbonyl (C=O) groups excluding carboxylic acids is 3. The van der Waals surface area contributed by atoms with Crippen molar-refractivity contribution >= 4 is 23.6 Å². The summed E-state index contributed by atoms with van der Waals surface area (Å²) in [7, 11) is 0. The number of hydrogen-bond donors (Lipinski definition) is 2. The summed E-state index contributed by atoms with van der Waals surface area (Å²) in [6.45, 7) is 1.29. The average molecular weight is 447 g/mol. The minimum absolute atomic E-state index is 0.0502. The molecule has 2 saturated carbocycles. The van der Waals surface area contributed by atoms with Crippen molar-refractivity contribution < 1.29 is 27.9 Å². The van der Waals surface area contributed by atoms with Gasteiger partial charge >= 0.3 is 6.09 Å². The van der Waals surface area contributed by atoms with Crippen LogP contribution in [0.5, 0.6) is 0 Å². The normalized spacial score (nSPS) is 29.6. The van der Waals surface area contributed by atoms with E-state index in [0.29, 0.717) is 37.2 Å². The summed E-state index contributed by atoms with van der Waals surface area (Å²) in [6, 6.07) is 2.25. The molecule has 2 aliphatic carbocycles. The van der Waals surface area contributed by atoms with E-state index in [1.54, 1.807) is 4.90 Å². The van der Waals surface area contributed by atoms with Gasteiger partial charge in [-0.25, -0.2) is 13.6 Å². The third-order valence-corrected chi connectivity index (χ3v) is 7.53. The summed E-state index contributed by atoms with van der Waals surface area (Å²) in [5.41, 5.74) is 0.0441. The topological polar surface area (TPSA) is 87.7 Å². The van der Waals surface area contributed by atoms with E-state index in [1.807, 2.05) is 0 Å². The molecular weight excluding hydrogens is 420 g/mol. The van der Waals surface area contributed by atoms with Gasteiger partial charge in [0.05, 0.1) is 18.6 Å². The number of amides is 3. The Labute approximate surface area is 184 Å². The monoisotopic (exact) mass is 447 g/mol. The van der Waals surface area contributed by atoms with E-state index >= 15 is 0 Å². The van der Waals surface area contributed by atoms with E-state index in [2.05, 4.69) is 10.6 Å². The van der Waals surface area contributed by atoms with Crippen molar-refractivity contribution in [1.82, 2.24) is 10.6 Å². The molecular formula is C23H27F2N3O4. The Morgan fingerprint density at radius 2 is 1.88 bits per heavy atom. The Bertz CT molecular complexity index is 926. The Morgan fingerprint density at radius 1 is 1.12 bits per heavy atom. The van der Waals surface area contributed by atoms with Gasteiger partial charge in [0.15, 0.2) is 0 Å². The molecule has 9 heteroatoms. The molecule has 32 heavy (non-hydrogen) atoms.